The molecule has 0 N–H and O–H groups in total. The number of esters is 2. The van der Waals surface area contributed by atoms with Crippen LogP contribution in [0.2, 0.25) is 0 Å². The van der Waals surface area contributed by atoms with Gasteiger partial charge in [0.05, 0.1) is 52.2 Å². The van der Waals surface area contributed by atoms with Gasteiger partial charge in [-0.3, -0.25) is 9.36 Å². The van der Waals surface area contributed by atoms with Crippen LogP contribution >= 0.6 is 27.3 Å². The molecule has 0 radical (unpaired) electrons. The third-order valence-corrected chi connectivity index (χ3v) is 8.17. The van der Waals surface area contributed by atoms with Gasteiger partial charge in [0, 0.05) is 11.6 Å². The summed E-state index contributed by atoms with van der Waals surface area (Å²) in [5.74, 6) is 0.642. The van der Waals surface area contributed by atoms with Crippen molar-refractivity contribution in [2.75, 3.05) is 20.3 Å². The van der Waals surface area contributed by atoms with Gasteiger partial charge in [-0.25, -0.2) is 14.6 Å². The number of nitrogens with zero attached hydrogens (tertiary/aromatic N) is 2. The second-order valence-corrected chi connectivity index (χ2v) is 11.1. The number of halogens is 1. The molecule has 0 saturated carbocycles. The highest BCUT2D eigenvalue weighted by atomic mass is 79.9. The van der Waals surface area contributed by atoms with Crippen LogP contribution in [-0.2, 0) is 14.3 Å². The minimum absolute atomic E-state index is 0.183. The van der Waals surface area contributed by atoms with E-state index in [0.29, 0.717) is 53.5 Å². The predicted octanol–water partition coefficient (Wildman–Crippen LogP) is 5.01. The van der Waals surface area contributed by atoms with Crippen molar-refractivity contribution in [3.63, 3.8) is 0 Å². The maximum Gasteiger partial charge on any atom is 0.338 e. The number of furan rings is 1. The molecule has 11 heteroatoms. The number of hydrogen-bond acceptors (Lipinski definition) is 9. The number of allylic oxidation sites excluding steroid dienone is 1. The first-order valence-electron chi connectivity index (χ1n) is 13.2. The Kier molecular flexibility index (Phi) is 8.60. The van der Waals surface area contributed by atoms with Crippen molar-refractivity contribution in [3.05, 3.63) is 107 Å². The molecular weight excluding hydrogens is 624 g/mol. The highest BCUT2D eigenvalue weighted by molar-refractivity contribution is 9.10. The van der Waals surface area contributed by atoms with Gasteiger partial charge in [0.25, 0.3) is 5.56 Å². The molecule has 0 fully saturated rings. The van der Waals surface area contributed by atoms with E-state index in [0.717, 1.165) is 0 Å². The van der Waals surface area contributed by atoms with Crippen molar-refractivity contribution in [1.29, 1.82) is 0 Å². The van der Waals surface area contributed by atoms with Crippen LogP contribution in [0.1, 0.15) is 48.5 Å². The normalized spacial score (nSPS) is 14.8. The molecule has 1 unspecified atom stereocenters. The van der Waals surface area contributed by atoms with Gasteiger partial charge >= 0.3 is 11.9 Å². The summed E-state index contributed by atoms with van der Waals surface area (Å²) in [6.45, 7) is 5.68. The Labute approximate surface area is 253 Å². The molecule has 0 saturated heterocycles. The third-order valence-electron chi connectivity index (χ3n) is 6.57. The van der Waals surface area contributed by atoms with Gasteiger partial charge in [0.1, 0.15) is 17.3 Å². The fourth-order valence-corrected chi connectivity index (χ4v) is 6.27. The number of carbonyl (C=O) groups is 2. The molecule has 0 amide bonds. The summed E-state index contributed by atoms with van der Waals surface area (Å²) in [6, 6.07) is 15.1. The Bertz CT molecular complexity index is 1900. The van der Waals surface area contributed by atoms with Crippen molar-refractivity contribution < 1.29 is 28.2 Å². The number of carbonyl (C=O) groups excluding carboxylic acids is 2. The van der Waals surface area contributed by atoms with E-state index in [1.165, 1.54) is 15.9 Å². The molecule has 5 rings (SSSR count). The van der Waals surface area contributed by atoms with Gasteiger partial charge in [0.2, 0.25) is 0 Å². The fraction of sp³-hybridized carbons (Fsp3) is 0.226. The highest BCUT2D eigenvalue weighted by Crippen LogP contribution is 2.35. The van der Waals surface area contributed by atoms with Crippen molar-refractivity contribution in [1.82, 2.24) is 4.57 Å². The number of ether oxygens (including phenoxy) is 3. The fourth-order valence-electron chi connectivity index (χ4n) is 4.69. The number of methoxy groups -OCH3 is 1. The first-order chi connectivity index (χ1) is 20.2. The van der Waals surface area contributed by atoms with Crippen LogP contribution in [0, 0.1) is 0 Å². The summed E-state index contributed by atoms with van der Waals surface area (Å²) >= 11 is 4.72. The van der Waals surface area contributed by atoms with Crippen LogP contribution in [0.15, 0.2) is 84.5 Å². The highest BCUT2D eigenvalue weighted by Gasteiger charge is 2.33. The number of fused-ring (bicyclic) bond motifs is 1. The number of rotatable bonds is 8. The van der Waals surface area contributed by atoms with Crippen LogP contribution in [0.5, 0.6) is 5.75 Å². The minimum Gasteiger partial charge on any atom is -0.496 e. The largest absolute Gasteiger partial charge is 0.496 e. The van der Waals surface area contributed by atoms with Crippen molar-refractivity contribution in [3.8, 4) is 17.1 Å². The lowest BCUT2D eigenvalue weighted by Crippen LogP contribution is -2.39. The molecule has 9 nitrogen and oxygen atoms in total. The zero-order chi connectivity index (χ0) is 30.0. The Morgan fingerprint density at radius 1 is 1.07 bits per heavy atom. The molecule has 2 aromatic carbocycles. The lowest BCUT2D eigenvalue weighted by atomic mass is 9.96. The zero-order valence-electron chi connectivity index (χ0n) is 23.3. The van der Waals surface area contributed by atoms with Gasteiger partial charge in [0.15, 0.2) is 4.80 Å². The molecule has 0 bridgehead atoms. The van der Waals surface area contributed by atoms with Gasteiger partial charge in [-0.1, -0.05) is 29.5 Å². The first-order valence-corrected chi connectivity index (χ1v) is 14.8. The Morgan fingerprint density at radius 3 is 2.55 bits per heavy atom. The second-order valence-electron chi connectivity index (χ2n) is 9.20. The number of thiazole rings is 1. The van der Waals surface area contributed by atoms with E-state index < -0.39 is 18.0 Å². The van der Waals surface area contributed by atoms with Crippen LogP contribution in [0.25, 0.3) is 17.4 Å². The number of benzene rings is 2. The summed E-state index contributed by atoms with van der Waals surface area (Å²) in [5.41, 5.74) is 2.23. The molecule has 2 aromatic heterocycles. The Balaban J connectivity index is 1.59. The van der Waals surface area contributed by atoms with E-state index in [1.54, 1.807) is 70.4 Å². The molecule has 42 heavy (non-hydrogen) atoms. The molecule has 1 atom stereocenters. The van der Waals surface area contributed by atoms with E-state index in [1.807, 2.05) is 18.2 Å². The smallest absolute Gasteiger partial charge is 0.338 e. The zero-order valence-corrected chi connectivity index (χ0v) is 25.7. The molecular formula is C31H27BrN2O7S. The second kappa shape index (κ2) is 12.3. The average molecular weight is 652 g/mol. The van der Waals surface area contributed by atoms with E-state index >= 15 is 0 Å². The quantitative estimate of drug-likeness (QED) is 0.247. The lowest BCUT2D eigenvalue weighted by molar-refractivity contribution is -0.139. The maximum atomic E-state index is 13.9. The van der Waals surface area contributed by atoms with E-state index in [2.05, 4.69) is 20.9 Å². The van der Waals surface area contributed by atoms with Gasteiger partial charge in [-0.05, 0) is 78.7 Å². The predicted molar refractivity (Wildman–Crippen MR) is 161 cm³/mol. The summed E-state index contributed by atoms with van der Waals surface area (Å²) in [7, 11) is 1.56. The summed E-state index contributed by atoms with van der Waals surface area (Å²) in [6.07, 6.45) is 1.65. The van der Waals surface area contributed by atoms with Gasteiger partial charge in [-0.2, -0.15) is 0 Å². The molecule has 0 aliphatic carbocycles. The van der Waals surface area contributed by atoms with Crippen LogP contribution < -0.4 is 19.6 Å². The minimum atomic E-state index is -0.762. The van der Waals surface area contributed by atoms with Gasteiger partial charge < -0.3 is 18.6 Å². The number of aromatic nitrogens is 1. The van der Waals surface area contributed by atoms with Crippen LogP contribution in [0.3, 0.4) is 0 Å². The standard InChI is InChI=1S/C31H27BrN2O7S/c1-5-39-29(36)20-9-7-8-18(14-20)23-13-11-21(41-23)16-25-28(35)34-27(19-10-12-24(38-4)22(32)15-19)26(30(37)40-6-2)17(3)33-31(34)42-25/h7-16,27H,5-6H2,1-4H3/b25-16-. The summed E-state index contributed by atoms with van der Waals surface area (Å²) in [5, 5.41) is 0. The number of hydrogen-bond donors (Lipinski definition) is 0. The lowest BCUT2D eigenvalue weighted by Gasteiger charge is -2.25. The van der Waals surface area contributed by atoms with Crippen molar-refractivity contribution in [2.45, 2.75) is 26.8 Å². The molecule has 3 heterocycles. The van der Waals surface area contributed by atoms with Crippen LogP contribution in [0.4, 0.5) is 0 Å². The monoisotopic (exact) mass is 650 g/mol. The maximum absolute atomic E-state index is 13.9. The molecule has 1 aliphatic heterocycles. The average Bonchev–Trinajstić information content (AvgIpc) is 3.56. The molecule has 4 aromatic rings. The van der Waals surface area contributed by atoms with E-state index in [-0.39, 0.29) is 24.3 Å². The SMILES string of the molecule is CCOC(=O)C1=C(C)N=c2s/c(=C\c3ccc(-c4cccc(C(=O)OCC)c4)o3)c(=O)n2C1c1ccc(OC)c(Br)c1. The molecule has 1 aliphatic rings. The van der Waals surface area contributed by atoms with Gasteiger partial charge in [-0.15, -0.1) is 0 Å². The Morgan fingerprint density at radius 2 is 1.83 bits per heavy atom. The molecule has 216 valence electrons. The van der Waals surface area contributed by atoms with E-state index in [9.17, 15) is 14.4 Å². The first kappa shape index (κ1) is 29.3. The topological polar surface area (TPSA) is 109 Å². The summed E-state index contributed by atoms with van der Waals surface area (Å²) in [4.78, 5) is 44.2. The van der Waals surface area contributed by atoms with Crippen LogP contribution in [-0.4, -0.2) is 36.8 Å². The third kappa shape index (κ3) is 5.62. The Hall–Kier alpha value is -4.22. The summed E-state index contributed by atoms with van der Waals surface area (Å²) < 4.78 is 24.4. The molecule has 0 spiro atoms. The van der Waals surface area contributed by atoms with E-state index in [4.69, 9.17) is 18.6 Å². The van der Waals surface area contributed by atoms with Crippen molar-refractivity contribution in [2.24, 2.45) is 4.99 Å². The van der Waals surface area contributed by atoms with Crippen molar-refractivity contribution >= 4 is 45.3 Å².